The van der Waals surface area contributed by atoms with E-state index in [4.69, 9.17) is 4.74 Å². The summed E-state index contributed by atoms with van der Waals surface area (Å²) < 4.78 is 17.6. The Kier molecular flexibility index (Phi) is 4.08. The second-order valence-electron chi connectivity index (χ2n) is 3.08. The van der Waals surface area contributed by atoms with E-state index >= 15 is 0 Å². The topological polar surface area (TPSA) is 12.5 Å². The number of ether oxygens (including phenoxy) is 1. The first kappa shape index (κ1) is 9.52. The van der Waals surface area contributed by atoms with E-state index in [0.717, 1.165) is 19.5 Å². The van der Waals surface area contributed by atoms with Crippen molar-refractivity contribution in [2.24, 2.45) is 0 Å². The maximum absolute atomic E-state index is 12.7. The van der Waals surface area contributed by atoms with Gasteiger partial charge in [0.2, 0.25) is 0 Å². The molecule has 0 aliphatic carbocycles. The molecule has 1 heterocycles. The van der Waals surface area contributed by atoms with Crippen LogP contribution < -0.4 is 0 Å². The first-order valence-electron chi connectivity index (χ1n) is 4.42. The molecule has 0 bridgehead atoms. The minimum atomic E-state index is -0.606. The Labute approximate surface area is 73.0 Å². The van der Waals surface area contributed by atoms with Crippen LogP contribution in [0.2, 0.25) is 0 Å². The number of halogens is 1. The number of alkyl halides is 1. The molecule has 0 amide bonds. The molecule has 0 spiro atoms. The SMILES string of the molecule is C=COCCCN1CCC(F)C1. The van der Waals surface area contributed by atoms with Gasteiger partial charge < -0.3 is 9.64 Å². The molecule has 1 rings (SSSR count). The minimum Gasteiger partial charge on any atom is -0.502 e. The smallest absolute Gasteiger partial charge is 0.114 e. The van der Waals surface area contributed by atoms with Crippen molar-refractivity contribution >= 4 is 0 Å². The maximum atomic E-state index is 12.7. The first-order valence-corrected chi connectivity index (χ1v) is 4.42. The largest absolute Gasteiger partial charge is 0.502 e. The lowest BCUT2D eigenvalue weighted by Gasteiger charge is -2.13. The molecule has 0 aromatic carbocycles. The van der Waals surface area contributed by atoms with E-state index in [0.29, 0.717) is 19.6 Å². The average Bonchev–Trinajstić information content (AvgIpc) is 2.45. The fraction of sp³-hybridized carbons (Fsp3) is 0.778. The van der Waals surface area contributed by atoms with Crippen molar-refractivity contribution < 1.29 is 9.13 Å². The molecule has 0 radical (unpaired) electrons. The molecule has 2 nitrogen and oxygen atoms in total. The summed E-state index contributed by atoms with van der Waals surface area (Å²) in [4.78, 5) is 2.14. The maximum Gasteiger partial charge on any atom is 0.114 e. The van der Waals surface area contributed by atoms with Gasteiger partial charge in [-0.05, 0) is 12.8 Å². The summed E-state index contributed by atoms with van der Waals surface area (Å²) in [7, 11) is 0. The summed E-state index contributed by atoms with van der Waals surface area (Å²) in [5.74, 6) is 0. The molecule has 3 heteroatoms. The molecule has 70 valence electrons. The van der Waals surface area contributed by atoms with Crippen LogP contribution in [0, 0.1) is 0 Å². The molecular weight excluding hydrogens is 157 g/mol. The van der Waals surface area contributed by atoms with E-state index < -0.39 is 6.17 Å². The minimum absolute atomic E-state index is 0.605. The number of nitrogens with zero attached hydrogens (tertiary/aromatic N) is 1. The summed E-state index contributed by atoms with van der Waals surface area (Å²) in [6.07, 6.45) is 2.49. The molecule has 1 saturated heterocycles. The molecule has 1 unspecified atom stereocenters. The van der Waals surface area contributed by atoms with Crippen molar-refractivity contribution in [2.45, 2.75) is 19.0 Å². The van der Waals surface area contributed by atoms with Crippen LogP contribution in [0.5, 0.6) is 0 Å². The third-order valence-electron chi connectivity index (χ3n) is 2.07. The van der Waals surface area contributed by atoms with Crippen molar-refractivity contribution in [3.05, 3.63) is 12.8 Å². The second kappa shape index (κ2) is 5.14. The summed E-state index contributed by atoms with van der Waals surface area (Å²) in [5, 5.41) is 0. The van der Waals surface area contributed by atoms with E-state index in [1.807, 2.05) is 0 Å². The zero-order valence-corrected chi connectivity index (χ0v) is 7.34. The molecule has 12 heavy (non-hydrogen) atoms. The lowest BCUT2D eigenvalue weighted by atomic mass is 10.3. The van der Waals surface area contributed by atoms with Gasteiger partial charge in [-0.3, -0.25) is 0 Å². The van der Waals surface area contributed by atoms with Gasteiger partial charge in [0.1, 0.15) is 6.17 Å². The van der Waals surface area contributed by atoms with Gasteiger partial charge in [-0.25, -0.2) is 4.39 Å². The van der Waals surface area contributed by atoms with E-state index in [1.54, 1.807) is 0 Å². The molecule has 0 saturated carbocycles. The highest BCUT2D eigenvalue weighted by atomic mass is 19.1. The fourth-order valence-electron chi connectivity index (χ4n) is 1.44. The molecule has 0 N–H and O–H groups in total. The predicted octanol–water partition coefficient (Wildman–Crippen LogP) is 1.58. The Morgan fingerprint density at radius 1 is 1.67 bits per heavy atom. The Morgan fingerprint density at radius 2 is 2.50 bits per heavy atom. The van der Waals surface area contributed by atoms with Crippen molar-refractivity contribution in [2.75, 3.05) is 26.2 Å². The molecule has 1 aliphatic heterocycles. The zero-order valence-electron chi connectivity index (χ0n) is 7.34. The monoisotopic (exact) mass is 173 g/mol. The van der Waals surface area contributed by atoms with Gasteiger partial charge in [-0.2, -0.15) is 0 Å². The fourth-order valence-corrected chi connectivity index (χ4v) is 1.44. The summed E-state index contributed by atoms with van der Waals surface area (Å²) >= 11 is 0. The Balaban J connectivity index is 1.96. The summed E-state index contributed by atoms with van der Waals surface area (Å²) in [6, 6.07) is 0. The Morgan fingerprint density at radius 3 is 3.08 bits per heavy atom. The molecule has 1 fully saturated rings. The van der Waals surface area contributed by atoms with Gasteiger partial charge in [0, 0.05) is 19.6 Å². The molecular formula is C9H16FNO. The van der Waals surface area contributed by atoms with Crippen LogP contribution in [0.4, 0.5) is 4.39 Å². The summed E-state index contributed by atoms with van der Waals surface area (Å²) in [6.45, 7) is 6.58. The number of hydrogen-bond acceptors (Lipinski definition) is 2. The zero-order chi connectivity index (χ0) is 8.81. The van der Waals surface area contributed by atoms with Crippen LogP contribution in [-0.4, -0.2) is 37.3 Å². The van der Waals surface area contributed by atoms with Crippen molar-refractivity contribution in [1.82, 2.24) is 4.90 Å². The van der Waals surface area contributed by atoms with Crippen molar-refractivity contribution in [3.63, 3.8) is 0 Å². The lowest BCUT2D eigenvalue weighted by Crippen LogP contribution is -2.23. The van der Waals surface area contributed by atoms with Crippen LogP contribution >= 0.6 is 0 Å². The van der Waals surface area contributed by atoms with E-state index in [9.17, 15) is 4.39 Å². The molecule has 0 aromatic heterocycles. The van der Waals surface area contributed by atoms with E-state index in [1.165, 1.54) is 6.26 Å². The van der Waals surface area contributed by atoms with Crippen LogP contribution in [-0.2, 0) is 4.74 Å². The van der Waals surface area contributed by atoms with Crippen molar-refractivity contribution in [1.29, 1.82) is 0 Å². The average molecular weight is 173 g/mol. The highest BCUT2D eigenvalue weighted by Gasteiger charge is 2.20. The Hall–Kier alpha value is -0.570. The van der Waals surface area contributed by atoms with Crippen LogP contribution in [0.1, 0.15) is 12.8 Å². The van der Waals surface area contributed by atoms with Gasteiger partial charge in [0.05, 0.1) is 12.9 Å². The number of hydrogen-bond donors (Lipinski definition) is 0. The number of rotatable bonds is 5. The summed E-state index contributed by atoms with van der Waals surface area (Å²) in [5.41, 5.74) is 0. The van der Waals surface area contributed by atoms with Gasteiger partial charge >= 0.3 is 0 Å². The molecule has 1 atom stereocenters. The number of likely N-dealkylation sites (tertiary alicyclic amines) is 1. The first-order chi connectivity index (χ1) is 5.83. The lowest BCUT2D eigenvalue weighted by molar-refractivity contribution is 0.214. The van der Waals surface area contributed by atoms with Crippen LogP contribution in [0.3, 0.4) is 0 Å². The van der Waals surface area contributed by atoms with Gasteiger partial charge in [0.25, 0.3) is 0 Å². The van der Waals surface area contributed by atoms with Crippen LogP contribution in [0.15, 0.2) is 12.8 Å². The predicted molar refractivity (Wildman–Crippen MR) is 46.7 cm³/mol. The third kappa shape index (κ3) is 3.22. The second-order valence-corrected chi connectivity index (χ2v) is 3.08. The molecule has 0 aromatic rings. The highest BCUT2D eigenvalue weighted by Crippen LogP contribution is 2.11. The molecule has 1 aliphatic rings. The normalized spacial score (nSPS) is 24.2. The van der Waals surface area contributed by atoms with E-state index in [-0.39, 0.29) is 0 Å². The standard InChI is InChI=1S/C9H16FNO/c1-2-12-7-3-5-11-6-4-9(10)8-11/h2,9H,1,3-8H2. The van der Waals surface area contributed by atoms with Gasteiger partial charge in [-0.15, -0.1) is 0 Å². The van der Waals surface area contributed by atoms with Crippen molar-refractivity contribution in [3.8, 4) is 0 Å². The highest BCUT2D eigenvalue weighted by molar-refractivity contribution is 4.74. The third-order valence-corrected chi connectivity index (χ3v) is 2.07. The Bertz CT molecular complexity index is 140. The van der Waals surface area contributed by atoms with E-state index in [2.05, 4.69) is 11.5 Å². The quantitative estimate of drug-likeness (QED) is 0.462. The van der Waals surface area contributed by atoms with Gasteiger partial charge in [-0.1, -0.05) is 6.58 Å². The van der Waals surface area contributed by atoms with Gasteiger partial charge in [0.15, 0.2) is 0 Å². The van der Waals surface area contributed by atoms with Crippen LogP contribution in [0.25, 0.3) is 0 Å².